The summed E-state index contributed by atoms with van der Waals surface area (Å²) in [6.45, 7) is 1.58. The molecule has 150 valence electrons. The number of amides is 1. The zero-order valence-corrected chi connectivity index (χ0v) is 16.4. The van der Waals surface area contributed by atoms with Crippen molar-refractivity contribution in [1.82, 2.24) is 9.88 Å². The van der Waals surface area contributed by atoms with Crippen LogP contribution in [0, 0.1) is 0 Å². The molecule has 0 bridgehead atoms. The number of pyridine rings is 1. The van der Waals surface area contributed by atoms with Crippen LogP contribution in [0.5, 0.6) is 0 Å². The van der Waals surface area contributed by atoms with Crippen LogP contribution in [0.25, 0.3) is 0 Å². The molecule has 1 fully saturated rings. The molecule has 1 atom stereocenters. The van der Waals surface area contributed by atoms with Crippen LogP contribution in [0.2, 0.25) is 5.02 Å². The zero-order chi connectivity index (χ0) is 20.5. The van der Waals surface area contributed by atoms with Crippen molar-refractivity contribution in [3.8, 4) is 0 Å². The molecular formula is C18H17ClF3N3O2S. The maximum Gasteiger partial charge on any atom is 0.417 e. The second kappa shape index (κ2) is 8.08. The van der Waals surface area contributed by atoms with E-state index in [1.165, 1.54) is 0 Å². The first-order valence-corrected chi connectivity index (χ1v) is 10.3. The fourth-order valence-electron chi connectivity index (χ4n) is 2.91. The van der Waals surface area contributed by atoms with Crippen LogP contribution < -0.4 is 4.90 Å². The average Bonchev–Trinajstić information content (AvgIpc) is 2.67. The molecule has 1 aromatic carbocycles. The molecule has 1 aromatic heterocycles. The topological polar surface area (TPSA) is 53.5 Å². The second-order valence-electron chi connectivity index (χ2n) is 6.28. The Morgan fingerprint density at radius 3 is 2.25 bits per heavy atom. The maximum atomic E-state index is 12.7. The van der Waals surface area contributed by atoms with E-state index in [0.29, 0.717) is 36.6 Å². The first-order valence-electron chi connectivity index (χ1n) is 8.37. The van der Waals surface area contributed by atoms with Crippen LogP contribution in [0.4, 0.5) is 19.0 Å². The van der Waals surface area contributed by atoms with E-state index in [1.807, 2.05) is 0 Å². The number of alkyl halides is 3. The third-order valence-electron chi connectivity index (χ3n) is 4.45. The Hall–Kier alpha value is -2.13. The highest BCUT2D eigenvalue weighted by molar-refractivity contribution is 7.84. The van der Waals surface area contributed by atoms with E-state index in [1.54, 1.807) is 40.3 Å². The van der Waals surface area contributed by atoms with Crippen molar-refractivity contribution in [3.63, 3.8) is 0 Å². The van der Waals surface area contributed by atoms with Crippen LogP contribution in [0.15, 0.2) is 41.4 Å². The van der Waals surface area contributed by atoms with Gasteiger partial charge in [0.05, 0.1) is 10.6 Å². The standard InChI is InChI=1S/C18H17ClF3N3O2S/c1-28(27)14-4-2-12(3-5-14)17(26)25-8-6-24(7-9-25)16-15(19)10-13(11-23-16)18(20,21)22/h2-5,10-11H,6-9H2,1H3. The Kier molecular flexibility index (Phi) is 5.95. The summed E-state index contributed by atoms with van der Waals surface area (Å²) in [5.74, 6) is 0.121. The molecule has 10 heteroatoms. The molecule has 1 unspecified atom stereocenters. The predicted molar refractivity (Wildman–Crippen MR) is 101 cm³/mol. The summed E-state index contributed by atoms with van der Waals surface area (Å²) in [4.78, 5) is 20.5. The van der Waals surface area contributed by atoms with Crippen molar-refractivity contribution < 1.29 is 22.2 Å². The van der Waals surface area contributed by atoms with Crippen LogP contribution in [-0.2, 0) is 17.0 Å². The molecule has 0 spiro atoms. The quantitative estimate of drug-likeness (QED) is 0.747. The Bertz CT molecular complexity index is 898. The van der Waals surface area contributed by atoms with Crippen molar-refractivity contribution in [2.24, 2.45) is 0 Å². The van der Waals surface area contributed by atoms with E-state index in [4.69, 9.17) is 11.6 Å². The molecule has 28 heavy (non-hydrogen) atoms. The number of rotatable bonds is 3. The average molecular weight is 432 g/mol. The lowest BCUT2D eigenvalue weighted by molar-refractivity contribution is -0.137. The van der Waals surface area contributed by atoms with Crippen LogP contribution in [0.3, 0.4) is 0 Å². The molecule has 2 heterocycles. The fraction of sp³-hybridized carbons (Fsp3) is 0.333. The summed E-state index contributed by atoms with van der Waals surface area (Å²) in [7, 11) is -1.11. The molecule has 0 aliphatic carbocycles. The molecule has 1 aliphatic rings. The second-order valence-corrected chi connectivity index (χ2v) is 8.07. The van der Waals surface area contributed by atoms with Crippen molar-refractivity contribution >= 4 is 34.1 Å². The Morgan fingerprint density at radius 2 is 1.75 bits per heavy atom. The van der Waals surface area contributed by atoms with E-state index in [9.17, 15) is 22.2 Å². The van der Waals surface area contributed by atoms with Gasteiger partial charge in [-0.05, 0) is 30.3 Å². The number of benzene rings is 1. The number of carbonyl (C=O) groups is 1. The van der Waals surface area contributed by atoms with Gasteiger partial charge in [0.15, 0.2) is 0 Å². The minimum Gasteiger partial charge on any atom is -0.352 e. The molecule has 1 saturated heterocycles. The normalized spacial score (nSPS) is 16.2. The highest BCUT2D eigenvalue weighted by Gasteiger charge is 2.32. The third kappa shape index (κ3) is 4.47. The largest absolute Gasteiger partial charge is 0.417 e. The van der Waals surface area contributed by atoms with Crippen LogP contribution in [-0.4, -0.2) is 52.4 Å². The van der Waals surface area contributed by atoms with Crippen molar-refractivity contribution in [1.29, 1.82) is 0 Å². The summed E-state index contributed by atoms with van der Waals surface area (Å²) >= 11 is 5.99. The van der Waals surface area contributed by atoms with Gasteiger partial charge in [0.2, 0.25) is 0 Å². The lowest BCUT2D eigenvalue weighted by Crippen LogP contribution is -2.49. The van der Waals surface area contributed by atoms with E-state index >= 15 is 0 Å². The van der Waals surface area contributed by atoms with Crippen molar-refractivity contribution in [2.45, 2.75) is 11.1 Å². The molecular weight excluding hydrogens is 415 g/mol. The molecule has 1 amide bonds. The van der Waals surface area contributed by atoms with Gasteiger partial charge in [0, 0.05) is 59.9 Å². The first kappa shape index (κ1) is 20.6. The maximum absolute atomic E-state index is 12.7. The van der Waals surface area contributed by atoms with E-state index in [2.05, 4.69) is 4.98 Å². The fourth-order valence-corrected chi connectivity index (χ4v) is 3.72. The Labute approximate surface area is 167 Å². The molecule has 1 aliphatic heterocycles. The SMILES string of the molecule is CS(=O)c1ccc(C(=O)N2CCN(c3ncc(C(F)(F)F)cc3Cl)CC2)cc1. The van der Waals surface area contributed by atoms with Crippen molar-refractivity contribution in [3.05, 3.63) is 52.7 Å². The smallest absolute Gasteiger partial charge is 0.352 e. The van der Waals surface area contributed by atoms with Gasteiger partial charge in [-0.1, -0.05) is 11.6 Å². The highest BCUT2D eigenvalue weighted by Crippen LogP contribution is 2.33. The summed E-state index contributed by atoms with van der Waals surface area (Å²) in [5, 5.41) is -0.0715. The number of piperazine rings is 1. The number of hydrogen-bond acceptors (Lipinski definition) is 4. The third-order valence-corrected chi connectivity index (χ3v) is 5.66. The number of hydrogen-bond donors (Lipinski definition) is 0. The number of anilines is 1. The van der Waals surface area contributed by atoms with E-state index in [0.717, 1.165) is 12.3 Å². The van der Waals surface area contributed by atoms with Crippen molar-refractivity contribution in [2.75, 3.05) is 37.3 Å². The van der Waals surface area contributed by atoms with E-state index < -0.39 is 22.5 Å². The van der Waals surface area contributed by atoms with Gasteiger partial charge in [-0.3, -0.25) is 9.00 Å². The summed E-state index contributed by atoms with van der Waals surface area (Å²) in [6.07, 6.45) is -2.17. The van der Waals surface area contributed by atoms with Gasteiger partial charge in [0.25, 0.3) is 5.91 Å². The van der Waals surface area contributed by atoms with Gasteiger partial charge in [0.1, 0.15) is 5.82 Å². The summed E-state index contributed by atoms with van der Waals surface area (Å²) < 4.78 is 49.7. The minimum atomic E-state index is -4.50. The Morgan fingerprint density at radius 1 is 1.14 bits per heavy atom. The number of aromatic nitrogens is 1. The predicted octanol–water partition coefficient (Wildman–Crippen LogP) is 3.45. The summed E-state index contributed by atoms with van der Waals surface area (Å²) in [6, 6.07) is 7.46. The molecule has 0 saturated carbocycles. The highest BCUT2D eigenvalue weighted by atomic mass is 35.5. The van der Waals surface area contributed by atoms with Gasteiger partial charge < -0.3 is 9.80 Å². The van der Waals surface area contributed by atoms with E-state index in [-0.39, 0.29) is 16.7 Å². The van der Waals surface area contributed by atoms with Crippen LogP contribution >= 0.6 is 11.6 Å². The van der Waals surface area contributed by atoms with Gasteiger partial charge in [-0.15, -0.1) is 0 Å². The molecule has 2 aromatic rings. The molecule has 5 nitrogen and oxygen atoms in total. The lowest BCUT2D eigenvalue weighted by atomic mass is 10.2. The first-order chi connectivity index (χ1) is 13.2. The van der Waals surface area contributed by atoms with Gasteiger partial charge >= 0.3 is 6.18 Å². The minimum absolute atomic E-state index is 0.0715. The molecule has 0 radical (unpaired) electrons. The number of halogens is 4. The van der Waals surface area contributed by atoms with Gasteiger partial charge in [-0.2, -0.15) is 13.2 Å². The summed E-state index contributed by atoms with van der Waals surface area (Å²) in [5.41, 5.74) is -0.403. The van der Waals surface area contributed by atoms with Crippen LogP contribution in [0.1, 0.15) is 15.9 Å². The molecule has 3 rings (SSSR count). The Balaban J connectivity index is 1.66. The zero-order valence-electron chi connectivity index (χ0n) is 14.9. The monoisotopic (exact) mass is 431 g/mol. The number of nitrogens with zero attached hydrogens (tertiary/aromatic N) is 3. The number of carbonyl (C=O) groups excluding carboxylic acids is 1. The lowest BCUT2D eigenvalue weighted by Gasteiger charge is -2.35. The molecule has 0 N–H and O–H groups in total. The van der Waals surface area contributed by atoms with Gasteiger partial charge in [-0.25, -0.2) is 4.98 Å².